The lowest BCUT2D eigenvalue weighted by Crippen LogP contribution is -2.06. The molecule has 0 aliphatic rings. The lowest BCUT2D eigenvalue weighted by Gasteiger charge is -2.14. The Kier molecular flexibility index (Phi) is 3.26. The van der Waals surface area contributed by atoms with Gasteiger partial charge in [0.2, 0.25) is 0 Å². The fraction of sp³-hybridized carbons (Fsp3) is 0.267. The Hall–Kier alpha value is -1.46. The molecule has 1 aromatic carbocycles. The van der Waals surface area contributed by atoms with Crippen LogP contribution in [0.5, 0.6) is 0 Å². The van der Waals surface area contributed by atoms with Crippen molar-refractivity contribution in [3.63, 3.8) is 0 Å². The van der Waals surface area contributed by atoms with E-state index in [0.29, 0.717) is 4.77 Å². The van der Waals surface area contributed by atoms with Crippen molar-refractivity contribution in [3.8, 4) is 0 Å². The van der Waals surface area contributed by atoms with Gasteiger partial charge in [-0.1, -0.05) is 0 Å². The molecule has 1 unspecified atom stereocenters. The van der Waals surface area contributed by atoms with Crippen LogP contribution in [0.25, 0.3) is 11.0 Å². The third-order valence-corrected chi connectivity index (χ3v) is 4.88. The second-order valence-corrected chi connectivity index (χ2v) is 6.85. The van der Waals surface area contributed by atoms with Crippen molar-refractivity contribution in [1.29, 1.82) is 0 Å². The number of aromatic nitrogens is 2. The highest BCUT2D eigenvalue weighted by atomic mass is 32.1. The van der Waals surface area contributed by atoms with Gasteiger partial charge in [-0.05, 0) is 62.8 Å². The standard InChI is InChI=1S/C15H15FN2S2/c1-8-6-12(10(3)20-8)9(2)18-14-5-4-11(16)7-13(14)17-15(18)19/h4-7,9H,1-3H3,(H,17,19). The first-order valence-electron chi connectivity index (χ1n) is 6.44. The summed E-state index contributed by atoms with van der Waals surface area (Å²) in [7, 11) is 0. The van der Waals surface area contributed by atoms with Crippen molar-refractivity contribution in [2.24, 2.45) is 0 Å². The van der Waals surface area contributed by atoms with Gasteiger partial charge >= 0.3 is 0 Å². The Balaban J connectivity index is 2.21. The molecule has 20 heavy (non-hydrogen) atoms. The largest absolute Gasteiger partial charge is 0.330 e. The molecule has 0 bridgehead atoms. The average Bonchev–Trinajstić information content (AvgIpc) is 2.87. The van der Waals surface area contributed by atoms with E-state index in [1.165, 1.54) is 27.5 Å². The van der Waals surface area contributed by atoms with Gasteiger partial charge in [-0.25, -0.2) is 4.39 Å². The third kappa shape index (κ3) is 2.11. The van der Waals surface area contributed by atoms with E-state index in [2.05, 4.69) is 36.4 Å². The number of fused-ring (bicyclic) bond motifs is 1. The fourth-order valence-electron chi connectivity index (χ4n) is 2.69. The molecule has 0 aliphatic carbocycles. The smallest absolute Gasteiger partial charge is 0.178 e. The molecule has 0 saturated carbocycles. The van der Waals surface area contributed by atoms with Gasteiger partial charge < -0.3 is 9.55 Å². The Labute approximate surface area is 125 Å². The number of nitrogens with zero attached hydrogens (tertiary/aromatic N) is 1. The van der Waals surface area contributed by atoms with E-state index in [4.69, 9.17) is 12.2 Å². The maximum Gasteiger partial charge on any atom is 0.178 e. The lowest BCUT2D eigenvalue weighted by molar-refractivity contribution is 0.628. The van der Waals surface area contributed by atoms with E-state index < -0.39 is 0 Å². The molecule has 0 saturated heterocycles. The second-order valence-electron chi connectivity index (χ2n) is 5.01. The van der Waals surface area contributed by atoms with Crippen LogP contribution in [0.4, 0.5) is 4.39 Å². The minimum atomic E-state index is -0.254. The van der Waals surface area contributed by atoms with Gasteiger partial charge in [-0.2, -0.15) is 0 Å². The Morgan fingerprint density at radius 3 is 2.70 bits per heavy atom. The van der Waals surface area contributed by atoms with Crippen LogP contribution in [-0.2, 0) is 0 Å². The topological polar surface area (TPSA) is 20.7 Å². The number of H-pyrrole nitrogens is 1. The lowest BCUT2D eigenvalue weighted by atomic mass is 10.1. The minimum absolute atomic E-state index is 0.131. The summed E-state index contributed by atoms with van der Waals surface area (Å²) >= 11 is 7.20. The summed E-state index contributed by atoms with van der Waals surface area (Å²) in [5.74, 6) is -0.254. The molecule has 104 valence electrons. The monoisotopic (exact) mass is 306 g/mol. The van der Waals surface area contributed by atoms with Crippen LogP contribution in [0.2, 0.25) is 0 Å². The summed E-state index contributed by atoms with van der Waals surface area (Å²) in [6.07, 6.45) is 0. The molecule has 2 heterocycles. The first kappa shape index (κ1) is 13.5. The minimum Gasteiger partial charge on any atom is -0.330 e. The molecule has 1 atom stereocenters. The molecule has 3 rings (SSSR count). The summed E-state index contributed by atoms with van der Waals surface area (Å²) in [5.41, 5.74) is 2.95. The van der Waals surface area contributed by atoms with Crippen molar-refractivity contribution >= 4 is 34.6 Å². The van der Waals surface area contributed by atoms with Crippen molar-refractivity contribution in [2.45, 2.75) is 26.8 Å². The molecule has 0 radical (unpaired) electrons. The fourth-order valence-corrected chi connectivity index (χ4v) is 4.07. The van der Waals surface area contributed by atoms with Crippen LogP contribution in [0.3, 0.4) is 0 Å². The number of rotatable bonds is 2. The molecule has 0 aliphatic heterocycles. The molecule has 0 fully saturated rings. The van der Waals surface area contributed by atoms with Gasteiger partial charge in [0.1, 0.15) is 5.82 Å². The predicted octanol–water partition coefficient (Wildman–Crippen LogP) is 5.13. The van der Waals surface area contributed by atoms with Crippen LogP contribution < -0.4 is 0 Å². The van der Waals surface area contributed by atoms with Gasteiger partial charge in [0.15, 0.2) is 4.77 Å². The Morgan fingerprint density at radius 2 is 2.05 bits per heavy atom. The highest BCUT2D eigenvalue weighted by Gasteiger charge is 2.16. The Bertz CT molecular complexity index is 841. The van der Waals surface area contributed by atoms with Crippen LogP contribution in [-0.4, -0.2) is 9.55 Å². The summed E-state index contributed by atoms with van der Waals surface area (Å²) in [5, 5.41) is 0. The van der Waals surface area contributed by atoms with E-state index in [-0.39, 0.29) is 11.9 Å². The summed E-state index contributed by atoms with van der Waals surface area (Å²) in [4.78, 5) is 5.68. The molecule has 3 aromatic rings. The molecule has 0 spiro atoms. The van der Waals surface area contributed by atoms with Gasteiger partial charge in [0, 0.05) is 9.75 Å². The SMILES string of the molecule is Cc1cc(C(C)n2c(=S)[nH]c3cc(F)ccc32)c(C)s1. The highest BCUT2D eigenvalue weighted by molar-refractivity contribution is 7.71. The number of hydrogen-bond donors (Lipinski definition) is 1. The maximum absolute atomic E-state index is 13.3. The van der Waals surface area contributed by atoms with E-state index in [0.717, 1.165) is 11.0 Å². The van der Waals surface area contributed by atoms with Gasteiger partial charge in [0.25, 0.3) is 0 Å². The summed E-state index contributed by atoms with van der Waals surface area (Å²) in [6, 6.07) is 7.07. The van der Waals surface area contributed by atoms with E-state index in [9.17, 15) is 4.39 Å². The van der Waals surface area contributed by atoms with Crippen LogP contribution in [0.15, 0.2) is 24.3 Å². The van der Waals surface area contributed by atoms with Gasteiger partial charge in [-0.3, -0.25) is 0 Å². The summed E-state index contributed by atoms with van der Waals surface area (Å²) in [6.45, 7) is 6.36. The maximum atomic E-state index is 13.3. The summed E-state index contributed by atoms with van der Waals surface area (Å²) < 4.78 is 16.0. The average molecular weight is 306 g/mol. The van der Waals surface area contributed by atoms with E-state index in [1.807, 2.05) is 0 Å². The number of aryl methyl sites for hydroxylation is 2. The predicted molar refractivity (Wildman–Crippen MR) is 84.7 cm³/mol. The number of halogens is 1. The van der Waals surface area contributed by atoms with Crippen LogP contribution >= 0.6 is 23.6 Å². The van der Waals surface area contributed by atoms with Crippen LogP contribution in [0, 0.1) is 24.4 Å². The number of aromatic amines is 1. The van der Waals surface area contributed by atoms with Crippen molar-refractivity contribution < 1.29 is 4.39 Å². The Morgan fingerprint density at radius 1 is 1.30 bits per heavy atom. The third-order valence-electron chi connectivity index (χ3n) is 3.60. The molecule has 0 amide bonds. The molecule has 2 nitrogen and oxygen atoms in total. The van der Waals surface area contributed by atoms with E-state index in [1.54, 1.807) is 17.4 Å². The number of benzene rings is 1. The zero-order chi connectivity index (χ0) is 14.4. The number of thiophene rings is 1. The van der Waals surface area contributed by atoms with Crippen molar-refractivity contribution in [1.82, 2.24) is 9.55 Å². The van der Waals surface area contributed by atoms with E-state index >= 15 is 0 Å². The van der Waals surface area contributed by atoms with Gasteiger partial charge in [-0.15, -0.1) is 11.3 Å². The molecule has 1 N–H and O–H groups in total. The number of imidazole rings is 1. The quantitative estimate of drug-likeness (QED) is 0.651. The number of nitrogens with one attached hydrogen (secondary N) is 1. The van der Waals surface area contributed by atoms with Crippen molar-refractivity contribution in [2.75, 3.05) is 0 Å². The van der Waals surface area contributed by atoms with Crippen LogP contribution in [0.1, 0.15) is 28.3 Å². The normalized spacial score (nSPS) is 13.0. The first-order chi connectivity index (χ1) is 9.47. The zero-order valence-electron chi connectivity index (χ0n) is 11.5. The molecule has 2 aromatic heterocycles. The zero-order valence-corrected chi connectivity index (χ0v) is 13.2. The highest BCUT2D eigenvalue weighted by Crippen LogP contribution is 2.31. The van der Waals surface area contributed by atoms with Gasteiger partial charge in [0.05, 0.1) is 17.1 Å². The van der Waals surface area contributed by atoms with Crippen molar-refractivity contribution in [3.05, 3.63) is 50.2 Å². The first-order valence-corrected chi connectivity index (χ1v) is 7.66. The number of hydrogen-bond acceptors (Lipinski definition) is 2. The molecular weight excluding hydrogens is 291 g/mol. The second kappa shape index (κ2) is 4.82. The molecular formula is C15H15FN2S2. The molecule has 5 heteroatoms.